The maximum absolute atomic E-state index is 11.7. The van der Waals surface area contributed by atoms with Crippen LogP contribution in [0, 0.1) is 0 Å². The first kappa shape index (κ1) is 13.7. The number of aliphatic carboxylic acids is 1. The fourth-order valence-electron chi connectivity index (χ4n) is 1.18. The second-order valence-corrected chi connectivity index (χ2v) is 3.97. The smallest absolute Gasteiger partial charge is 0.326 e. The van der Waals surface area contributed by atoms with Crippen molar-refractivity contribution in [3.63, 3.8) is 0 Å². The third kappa shape index (κ3) is 3.86. The number of hydrogen-bond donors (Lipinski definition) is 2. The van der Waals surface area contributed by atoms with E-state index in [0.717, 1.165) is 0 Å². The van der Waals surface area contributed by atoms with Crippen LogP contribution in [0.5, 0.6) is 0 Å². The first-order valence-electron chi connectivity index (χ1n) is 4.82. The number of carboxylic acid groups (broad SMARTS) is 1. The Morgan fingerprint density at radius 2 is 2.35 bits per heavy atom. The summed E-state index contributed by atoms with van der Waals surface area (Å²) in [6.07, 6.45) is 1.54. The van der Waals surface area contributed by atoms with Gasteiger partial charge in [0.1, 0.15) is 6.04 Å². The number of hydrogen-bond acceptors (Lipinski definition) is 4. The standard InChI is InChI=1S/C10H12BrNO5/c1-16-4-3-7(10(14)15)12-9(13)6-2-5-17-8(6)11/h2,5,7H,3-4H2,1H3,(H,12,13)(H,14,15). The molecule has 0 radical (unpaired) electrons. The average molecular weight is 306 g/mol. The molecule has 0 aliphatic rings. The first-order chi connectivity index (χ1) is 8.06. The number of methoxy groups -OCH3 is 1. The number of amides is 1. The summed E-state index contributed by atoms with van der Waals surface area (Å²) >= 11 is 3.05. The molecule has 1 aromatic rings. The molecule has 2 N–H and O–H groups in total. The Balaban J connectivity index is 2.64. The zero-order chi connectivity index (χ0) is 12.8. The summed E-state index contributed by atoms with van der Waals surface area (Å²) < 4.78 is 9.94. The van der Waals surface area contributed by atoms with Crippen LogP contribution in [-0.4, -0.2) is 36.7 Å². The number of rotatable bonds is 6. The van der Waals surface area contributed by atoms with Gasteiger partial charge in [-0.05, 0) is 22.0 Å². The van der Waals surface area contributed by atoms with Crippen LogP contribution in [0.1, 0.15) is 16.8 Å². The predicted molar refractivity (Wildman–Crippen MR) is 61.8 cm³/mol. The van der Waals surface area contributed by atoms with Crippen molar-refractivity contribution in [2.75, 3.05) is 13.7 Å². The van der Waals surface area contributed by atoms with Crippen molar-refractivity contribution in [2.45, 2.75) is 12.5 Å². The van der Waals surface area contributed by atoms with E-state index in [1.165, 1.54) is 19.4 Å². The van der Waals surface area contributed by atoms with E-state index in [9.17, 15) is 9.59 Å². The molecule has 6 nitrogen and oxygen atoms in total. The van der Waals surface area contributed by atoms with Gasteiger partial charge in [-0.1, -0.05) is 0 Å². The topological polar surface area (TPSA) is 88.8 Å². The van der Waals surface area contributed by atoms with Crippen molar-refractivity contribution in [3.05, 3.63) is 22.6 Å². The van der Waals surface area contributed by atoms with Gasteiger partial charge in [0.05, 0.1) is 11.8 Å². The normalized spacial score (nSPS) is 12.1. The van der Waals surface area contributed by atoms with Gasteiger partial charge in [-0.3, -0.25) is 4.79 Å². The molecule has 1 rings (SSSR count). The van der Waals surface area contributed by atoms with Crippen LogP contribution in [0.2, 0.25) is 0 Å². The minimum Gasteiger partial charge on any atom is -0.480 e. The van der Waals surface area contributed by atoms with Crippen molar-refractivity contribution in [1.29, 1.82) is 0 Å². The number of halogens is 1. The molecule has 1 atom stereocenters. The monoisotopic (exact) mass is 305 g/mol. The van der Waals surface area contributed by atoms with Crippen LogP contribution >= 0.6 is 15.9 Å². The van der Waals surface area contributed by atoms with E-state index in [0.29, 0.717) is 0 Å². The first-order valence-corrected chi connectivity index (χ1v) is 5.61. The highest BCUT2D eigenvalue weighted by Gasteiger charge is 2.22. The summed E-state index contributed by atoms with van der Waals surface area (Å²) in [5.41, 5.74) is 0.258. The summed E-state index contributed by atoms with van der Waals surface area (Å²) in [5, 5.41) is 11.3. The molecule has 7 heteroatoms. The quantitative estimate of drug-likeness (QED) is 0.826. The molecule has 0 aromatic carbocycles. The summed E-state index contributed by atoms with van der Waals surface area (Å²) in [5.74, 6) is -1.61. The number of nitrogens with one attached hydrogen (secondary N) is 1. The molecule has 0 saturated heterocycles. The molecular formula is C10H12BrNO5. The van der Waals surface area contributed by atoms with E-state index in [1.807, 2.05) is 0 Å². The molecule has 0 fully saturated rings. The number of ether oxygens (including phenoxy) is 1. The van der Waals surface area contributed by atoms with Gasteiger partial charge in [-0.2, -0.15) is 0 Å². The van der Waals surface area contributed by atoms with Gasteiger partial charge in [0.2, 0.25) is 0 Å². The Labute approximate surface area is 106 Å². The van der Waals surface area contributed by atoms with Crippen molar-refractivity contribution < 1.29 is 23.8 Å². The molecular weight excluding hydrogens is 294 g/mol. The number of carbonyl (C=O) groups excluding carboxylic acids is 1. The van der Waals surface area contributed by atoms with E-state index >= 15 is 0 Å². The lowest BCUT2D eigenvalue weighted by molar-refractivity contribution is -0.139. The average Bonchev–Trinajstić information content (AvgIpc) is 2.70. The van der Waals surface area contributed by atoms with Crippen molar-refractivity contribution in [1.82, 2.24) is 5.32 Å². The van der Waals surface area contributed by atoms with Crippen molar-refractivity contribution in [3.8, 4) is 0 Å². The number of carbonyl (C=O) groups is 2. The largest absolute Gasteiger partial charge is 0.480 e. The van der Waals surface area contributed by atoms with Crippen LogP contribution in [0.15, 0.2) is 21.4 Å². The minimum absolute atomic E-state index is 0.201. The molecule has 1 aromatic heterocycles. The Hall–Kier alpha value is -1.34. The maximum atomic E-state index is 11.7. The van der Waals surface area contributed by atoms with Crippen molar-refractivity contribution in [2.24, 2.45) is 0 Å². The molecule has 0 spiro atoms. The van der Waals surface area contributed by atoms with Gasteiger partial charge in [0.15, 0.2) is 4.67 Å². The van der Waals surface area contributed by atoms with E-state index < -0.39 is 17.9 Å². The number of carboxylic acids is 1. The minimum atomic E-state index is -1.10. The summed E-state index contributed by atoms with van der Waals surface area (Å²) in [4.78, 5) is 22.6. The van der Waals surface area contributed by atoms with Gasteiger partial charge in [0.25, 0.3) is 5.91 Å². The maximum Gasteiger partial charge on any atom is 0.326 e. The highest BCUT2D eigenvalue weighted by Crippen LogP contribution is 2.17. The fraction of sp³-hybridized carbons (Fsp3) is 0.400. The molecule has 1 unspecified atom stereocenters. The van der Waals surface area contributed by atoms with Gasteiger partial charge >= 0.3 is 5.97 Å². The molecule has 1 heterocycles. The van der Waals surface area contributed by atoms with Crippen LogP contribution in [0.25, 0.3) is 0 Å². The molecule has 0 bridgehead atoms. The van der Waals surface area contributed by atoms with Gasteiger partial charge < -0.3 is 19.6 Å². The molecule has 0 saturated carbocycles. The lowest BCUT2D eigenvalue weighted by Gasteiger charge is -2.13. The molecule has 0 aliphatic heterocycles. The molecule has 94 valence electrons. The summed E-state index contributed by atoms with van der Waals surface area (Å²) in [7, 11) is 1.47. The Kier molecular flexibility index (Phi) is 5.17. The third-order valence-electron chi connectivity index (χ3n) is 2.08. The van der Waals surface area contributed by atoms with E-state index in [1.54, 1.807) is 0 Å². The zero-order valence-corrected chi connectivity index (χ0v) is 10.7. The molecule has 17 heavy (non-hydrogen) atoms. The van der Waals surface area contributed by atoms with E-state index in [2.05, 4.69) is 21.2 Å². The fourth-order valence-corrected chi connectivity index (χ4v) is 1.60. The Morgan fingerprint density at radius 3 is 2.82 bits per heavy atom. The van der Waals surface area contributed by atoms with Crippen molar-refractivity contribution >= 4 is 27.8 Å². The number of furan rings is 1. The van der Waals surface area contributed by atoms with Gasteiger partial charge in [0, 0.05) is 20.1 Å². The van der Waals surface area contributed by atoms with Crippen LogP contribution in [-0.2, 0) is 9.53 Å². The van der Waals surface area contributed by atoms with E-state index in [4.69, 9.17) is 14.3 Å². The molecule has 0 aliphatic carbocycles. The lowest BCUT2D eigenvalue weighted by Crippen LogP contribution is -2.41. The highest BCUT2D eigenvalue weighted by atomic mass is 79.9. The lowest BCUT2D eigenvalue weighted by atomic mass is 10.2. The molecule has 1 amide bonds. The highest BCUT2D eigenvalue weighted by molar-refractivity contribution is 9.10. The Morgan fingerprint density at radius 1 is 1.65 bits per heavy atom. The van der Waals surface area contributed by atoms with Gasteiger partial charge in [-0.15, -0.1) is 0 Å². The Bertz CT molecular complexity index is 403. The summed E-state index contributed by atoms with van der Waals surface area (Å²) in [6, 6.07) is 0.471. The van der Waals surface area contributed by atoms with Gasteiger partial charge in [-0.25, -0.2) is 4.79 Å². The third-order valence-corrected chi connectivity index (χ3v) is 2.69. The predicted octanol–water partition coefficient (Wildman–Crippen LogP) is 1.26. The second-order valence-electron chi connectivity index (χ2n) is 3.25. The van der Waals surface area contributed by atoms with Crippen LogP contribution in [0.4, 0.5) is 0 Å². The second kappa shape index (κ2) is 6.41. The van der Waals surface area contributed by atoms with Crippen LogP contribution < -0.4 is 5.32 Å². The van der Waals surface area contributed by atoms with Crippen LogP contribution in [0.3, 0.4) is 0 Å². The van der Waals surface area contributed by atoms with E-state index in [-0.39, 0.29) is 23.3 Å². The SMILES string of the molecule is COCCC(NC(=O)c1ccoc1Br)C(=O)O. The zero-order valence-electron chi connectivity index (χ0n) is 9.10. The summed E-state index contributed by atoms with van der Waals surface area (Å²) in [6.45, 7) is 0.254.